The molecule has 2 aromatic rings. The number of nitrogens with two attached hydrogens (primary N) is 1. The van der Waals surface area contributed by atoms with Crippen LogP contribution >= 0.6 is 0 Å². The number of carbonyl (C=O) groups excluding carboxylic acids is 1. The van der Waals surface area contributed by atoms with E-state index in [0.29, 0.717) is 18.8 Å². The SMILES string of the molecule is CCN(Cc1cc(C(=O)NN)no1)c1cccc(O)c1. The van der Waals surface area contributed by atoms with E-state index in [2.05, 4.69) is 5.16 Å². The molecule has 0 bridgehead atoms. The predicted octanol–water partition coefficient (Wildman–Crippen LogP) is 1.01. The Morgan fingerprint density at radius 2 is 2.30 bits per heavy atom. The number of hydrogen-bond acceptors (Lipinski definition) is 6. The number of aromatic nitrogens is 1. The van der Waals surface area contributed by atoms with Gasteiger partial charge in [-0.05, 0) is 19.1 Å². The van der Waals surface area contributed by atoms with Gasteiger partial charge in [-0.15, -0.1) is 0 Å². The number of phenols is 1. The van der Waals surface area contributed by atoms with E-state index in [1.165, 1.54) is 6.07 Å². The van der Waals surface area contributed by atoms with Gasteiger partial charge in [-0.1, -0.05) is 11.2 Å². The van der Waals surface area contributed by atoms with Crippen LogP contribution < -0.4 is 16.2 Å². The smallest absolute Gasteiger partial charge is 0.287 e. The van der Waals surface area contributed by atoms with E-state index in [-0.39, 0.29) is 11.4 Å². The first kappa shape index (κ1) is 13.9. The maximum atomic E-state index is 11.3. The second-order valence-electron chi connectivity index (χ2n) is 4.19. The molecule has 0 atom stereocenters. The van der Waals surface area contributed by atoms with Gasteiger partial charge in [0.2, 0.25) is 0 Å². The molecule has 7 nitrogen and oxygen atoms in total. The van der Waals surface area contributed by atoms with Gasteiger partial charge in [0.15, 0.2) is 11.5 Å². The van der Waals surface area contributed by atoms with Crippen LogP contribution in [0.3, 0.4) is 0 Å². The fourth-order valence-electron chi connectivity index (χ4n) is 1.83. The Kier molecular flexibility index (Phi) is 4.21. The summed E-state index contributed by atoms with van der Waals surface area (Å²) in [5.41, 5.74) is 2.98. The van der Waals surface area contributed by atoms with Crippen LogP contribution in [0.1, 0.15) is 23.2 Å². The lowest BCUT2D eigenvalue weighted by molar-refractivity contribution is 0.0944. The van der Waals surface area contributed by atoms with Crippen LogP contribution in [0.2, 0.25) is 0 Å². The van der Waals surface area contributed by atoms with Crippen LogP contribution in [0.4, 0.5) is 5.69 Å². The number of amides is 1. The topological polar surface area (TPSA) is 105 Å². The molecule has 0 aliphatic carbocycles. The summed E-state index contributed by atoms with van der Waals surface area (Å²) in [6, 6.07) is 8.45. The molecule has 0 fully saturated rings. The molecule has 0 spiro atoms. The Bertz CT molecular complexity index is 597. The fraction of sp³-hybridized carbons (Fsp3) is 0.231. The van der Waals surface area contributed by atoms with Crippen molar-refractivity contribution >= 4 is 11.6 Å². The average Bonchev–Trinajstić information content (AvgIpc) is 2.92. The van der Waals surface area contributed by atoms with Crippen LogP contribution in [0.5, 0.6) is 5.75 Å². The number of carbonyl (C=O) groups is 1. The van der Waals surface area contributed by atoms with Gasteiger partial charge in [-0.25, -0.2) is 5.84 Å². The minimum Gasteiger partial charge on any atom is -0.508 e. The first-order valence-electron chi connectivity index (χ1n) is 6.14. The number of anilines is 1. The van der Waals surface area contributed by atoms with E-state index < -0.39 is 5.91 Å². The quantitative estimate of drug-likeness (QED) is 0.427. The number of hydrazine groups is 1. The number of nitrogens with zero attached hydrogens (tertiary/aromatic N) is 2. The highest BCUT2D eigenvalue weighted by atomic mass is 16.5. The number of hydrogen-bond donors (Lipinski definition) is 3. The zero-order valence-corrected chi connectivity index (χ0v) is 11.0. The largest absolute Gasteiger partial charge is 0.508 e. The third-order valence-corrected chi connectivity index (χ3v) is 2.85. The maximum Gasteiger partial charge on any atom is 0.287 e. The molecule has 4 N–H and O–H groups in total. The van der Waals surface area contributed by atoms with E-state index >= 15 is 0 Å². The normalized spacial score (nSPS) is 10.3. The summed E-state index contributed by atoms with van der Waals surface area (Å²) < 4.78 is 5.10. The molecule has 0 saturated heterocycles. The molecule has 1 aromatic heterocycles. The first-order valence-corrected chi connectivity index (χ1v) is 6.14. The van der Waals surface area contributed by atoms with Crippen molar-refractivity contribution in [3.63, 3.8) is 0 Å². The fourth-order valence-corrected chi connectivity index (χ4v) is 1.83. The third kappa shape index (κ3) is 3.07. The van der Waals surface area contributed by atoms with Gasteiger partial charge in [0.25, 0.3) is 5.91 Å². The average molecular weight is 276 g/mol. The summed E-state index contributed by atoms with van der Waals surface area (Å²) in [7, 11) is 0. The van der Waals surface area contributed by atoms with Gasteiger partial charge < -0.3 is 14.5 Å². The Hall–Kier alpha value is -2.54. The molecule has 7 heteroatoms. The van der Waals surface area contributed by atoms with Crippen molar-refractivity contribution in [1.29, 1.82) is 0 Å². The Morgan fingerprint density at radius 1 is 1.50 bits per heavy atom. The van der Waals surface area contributed by atoms with Gasteiger partial charge >= 0.3 is 0 Å². The van der Waals surface area contributed by atoms with Crippen LogP contribution in [0.25, 0.3) is 0 Å². The highest BCUT2D eigenvalue weighted by molar-refractivity contribution is 5.91. The molecular weight excluding hydrogens is 260 g/mol. The molecular formula is C13H16N4O3. The van der Waals surface area contributed by atoms with Gasteiger partial charge in [-0.3, -0.25) is 10.2 Å². The molecule has 1 aromatic carbocycles. The molecule has 1 amide bonds. The van der Waals surface area contributed by atoms with Crippen molar-refractivity contribution in [2.75, 3.05) is 11.4 Å². The monoisotopic (exact) mass is 276 g/mol. The van der Waals surface area contributed by atoms with Gasteiger partial charge in [0.1, 0.15) is 5.75 Å². The summed E-state index contributed by atoms with van der Waals surface area (Å²) in [4.78, 5) is 13.3. The summed E-state index contributed by atoms with van der Waals surface area (Å²) in [6.07, 6.45) is 0. The molecule has 0 radical (unpaired) electrons. The predicted molar refractivity (Wildman–Crippen MR) is 73.0 cm³/mol. The minimum absolute atomic E-state index is 0.134. The zero-order chi connectivity index (χ0) is 14.5. The van der Waals surface area contributed by atoms with Crippen molar-refractivity contribution < 1.29 is 14.4 Å². The third-order valence-electron chi connectivity index (χ3n) is 2.85. The van der Waals surface area contributed by atoms with Crippen molar-refractivity contribution in [1.82, 2.24) is 10.6 Å². The van der Waals surface area contributed by atoms with E-state index in [1.54, 1.807) is 18.2 Å². The van der Waals surface area contributed by atoms with Crippen LogP contribution in [-0.2, 0) is 6.54 Å². The highest BCUT2D eigenvalue weighted by Gasteiger charge is 2.14. The molecule has 0 aliphatic rings. The van der Waals surface area contributed by atoms with Crippen LogP contribution in [0.15, 0.2) is 34.9 Å². The van der Waals surface area contributed by atoms with Crippen molar-refractivity contribution in [3.8, 4) is 5.75 Å². The van der Waals surface area contributed by atoms with Gasteiger partial charge in [0.05, 0.1) is 6.54 Å². The zero-order valence-electron chi connectivity index (χ0n) is 11.0. The van der Waals surface area contributed by atoms with E-state index in [0.717, 1.165) is 5.69 Å². The molecule has 0 aliphatic heterocycles. The van der Waals surface area contributed by atoms with Crippen molar-refractivity contribution in [2.45, 2.75) is 13.5 Å². The lowest BCUT2D eigenvalue weighted by atomic mass is 10.2. The first-order chi connectivity index (χ1) is 9.63. The Labute approximate surface area is 115 Å². The number of nitrogen functional groups attached to an aromatic ring is 1. The highest BCUT2D eigenvalue weighted by Crippen LogP contribution is 2.21. The molecule has 2 rings (SSSR count). The summed E-state index contributed by atoms with van der Waals surface area (Å²) in [5.74, 6) is 5.26. The van der Waals surface area contributed by atoms with E-state index in [4.69, 9.17) is 10.4 Å². The number of phenolic OH excluding ortho intramolecular Hbond substituents is 1. The summed E-state index contributed by atoms with van der Waals surface area (Å²) >= 11 is 0. The number of nitrogens with one attached hydrogen (secondary N) is 1. The van der Waals surface area contributed by atoms with E-state index in [1.807, 2.05) is 23.3 Å². The Morgan fingerprint density at radius 3 is 2.95 bits per heavy atom. The maximum absolute atomic E-state index is 11.3. The number of rotatable bonds is 5. The lowest BCUT2D eigenvalue weighted by Crippen LogP contribution is -2.30. The molecule has 0 saturated carbocycles. The van der Waals surface area contributed by atoms with Crippen LogP contribution in [-0.4, -0.2) is 22.7 Å². The van der Waals surface area contributed by atoms with Crippen molar-refractivity contribution in [3.05, 3.63) is 41.8 Å². The van der Waals surface area contributed by atoms with E-state index in [9.17, 15) is 9.90 Å². The second kappa shape index (κ2) is 6.07. The molecule has 106 valence electrons. The van der Waals surface area contributed by atoms with Crippen LogP contribution in [0, 0.1) is 0 Å². The minimum atomic E-state index is -0.500. The second-order valence-corrected chi connectivity index (χ2v) is 4.19. The summed E-state index contributed by atoms with van der Waals surface area (Å²) in [6.45, 7) is 3.13. The molecule has 0 unspecified atom stereocenters. The molecule has 1 heterocycles. The van der Waals surface area contributed by atoms with Crippen molar-refractivity contribution in [2.24, 2.45) is 5.84 Å². The number of benzene rings is 1. The standard InChI is InChI=1S/C13H16N4O3/c1-2-17(9-4-3-5-10(18)6-9)8-11-7-12(16-20-11)13(19)15-14/h3-7,18H,2,8,14H2,1H3,(H,15,19). The lowest BCUT2D eigenvalue weighted by Gasteiger charge is -2.21. The molecule has 20 heavy (non-hydrogen) atoms. The number of aromatic hydroxyl groups is 1. The van der Waals surface area contributed by atoms with Gasteiger partial charge in [-0.2, -0.15) is 0 Å². The van der Waals surface area contributed by atoms with Gasteiger partial charge in [0, 0.05) is 24.4 Å². The Balaban J connectivity index is 2.14. The summed E-state index contributed by atoms with van der Waals surface area (Å²) in [5, 5.41) is 13.1.